The van der Waals surface area contributed by atoms with Gasteiger partial charge >= 0.3 is 0 Å². The SMILES string of the molecule is CC(NCC(C)(C)NS(C)(=O)=O)C(C)(C)O. The Balaban J connectivity index is 4.30. The molecule has 0 aliphatic carbocycles. The summed E-state index contributed by atoms with van der Waals surface area (Å²) in [6.07, 6.45) is 1.13. The maximum atomic E-state index is 11.1. The second kappa shape index (κ2) is 5.00. The fourth-order valence-electron chi connectivity index (χ4n) is 1.20. The summed E-state index contributed by atoms with van der Waals surface area (Å²) in [5.41, 5.74) is -1.41. The van der Waals surface area contributed by atoms with Crippen LogP contribution in [-0.4, -0.2) is 43.5 Å². The highest BCUT2D eigenvalue weighted by Gasteiger charge is 2.26. The third kappa shape index (κ3) is 7.16. The lowest BCUT2D eigenvalue weighted by Gasteiger charge is -2.32. The van der Waals surface area contributed by atoms with Gasteiger partial charge in [0.25, 0.3) is 0 Å². The monoisotopic (exact) mass is 252 g/mol. The third-order valence-electron chi connectivity index (χ3n) is 2.37. The standard InChI is InChI=1S/C10H24N2O3S/c1-8(10(4,5)13)11-7-9(2,3)12-16(6,14)15/h8,11-13H,7H2,1-6H3. The Bertz CT molecular complexity index is 317. The minimum atomic E-state index is -3.22. The summed E-state index contributed by atoms with van der Waals surface area (Å²) in [4.78, 5) is 0. The molecule has 5 nitrogen and oxygen atoms in total. The highest BCUT2D eigenvalue weighted by molar-refractivity contribution is 7.88. The molecular weight excluding hydrogens is 228 g/mol. The zero-order valence-electron chi connectivity index (χ0n) is 11.0. The Labute approximate surface area is 98.7 Å². The van der Waals surface area contributed by atoms with Gasteiger partial charge in [-0.2, -0.15) is 0 Å². The van der Waals surface area contributed by atoms with E-state index < -0.39 is 21.2 Å². The molecule has 0 rings (SSSR count). The van der Waals surface area contributed by atoms with E-state index in [0.717, 1.165) is 6.26 Å². The van der Waals surface area contributed by atoms with Crippen LogP contribution in [0, 0.1) is 0 Å². The molecule has 0 aliphatic heterocycles. The fourth-order valence-corrected chi connectivity index (χ4v) is 2.27. The Morgan fingerprint density at radius 3 is 2.00 bits per heavy atom. The molecule has 0 aromatic heterocycles. The predicted molar refractivity (Wildman–Crippen MR) is 65.8 cm³/mol. The Morgan fingerprint density at radius 1 is 1.25 bits per heavy atom. The molecule has 0 aliphatic rings. The zero-order valence-corrected chi connectivity index (χ0v) is 11.8. The van der Waals surface area contributed by atoms with E-state index in [-0.39, 0.29) is 6.04 Å². The van der Waals surface area contributed by atoms with Gasteiger partial charge in [-0.05, 0) is 34.6 Å². The summed E-state index contributed by atoms with van der Waals surface area (Å²) in [5.74, 6) is 0. The van der Waals surface area contributed by atoms with Crippen LogP contribution in [0.1, 0.15) is 34.6 Å². The largest absolute Gasteiger partial charge is 0.389 e. The van der Waals surface area contributed by atoms with E-state index in [0.29, 0.717) is 6.54 Å². The second-order valence-corrected chi connectivity index (χ2v) is 7.26. The van der Waals surface area contributed by atoms with Gasteiger partial charge in [-0.25, -0.2) is 13.1 Å². The van der Waals surface area contributed by atoms with E-state index in [1.54, 1.807) is 27.7 Å². The average molecular weight is 252 g/mol. The third-order valence-corrected chi connectivity index (χ3v) is 3.29. The summed E-state index contributed by atoms with van der Waals surface area (Å²) in [6.45, 7) is 9.31. The quantitative estimate of drug-likeness (QED) is 0.625. The molecule has 1 atom stereocenters. The maximum absolute atomic E-state index is 11.1. The van der Waals surface area contributed by atoms with Crippen LogP contribution in [-0.2, 0) is 10.0 Å². The van der Waals surface area contributed by atoms with Crippen LogP contribution in [0.4, 0.5) is 0 Å². The number of nitrogens with one attached hydrogen (secondary N) is 2. The molecule has 16 heavy (non-hydrogen) atoms. The summed E-state index contributed by atoms with van der Waals surface area (Å²) in [6, 6.07) is -0.117. The van der Waals surface area contributed by atoms with Gasteiger partial charge in [0, 0.05) is 18.1 Å². The van der Waals surface area contributed by atoms with E-state index in [4.69, 9.17) is 0 Å². The minimum Gasteiger partial charge on any atom is -0.389 e. The molecular formula is C10H24N2O3S. The predicted octanol–water partition coefficient (Wildman–Crippen LogP) is 0.0632. The van der Waals surface area contributed by atoms with Crippen molar-refractivity contribution in [3.05, 3.63) is 0 Å². The molecule has 0 spiro atoms. The first-order valence-corrected chi connectivity index (χ1v) is 7.17. The van der Waals surface area contributed by atoms with Gasteiger partial charge in [-0.15, -0.1) is 0 Å². The number of rotatable bonds is 6. The Morgan fingerprint density at radius 2 is 1.69 bits per heavy atom. The summed E-state index contributed by atoms with van der Waals surface area (Å²) >= 11 is 0. The topological polar surface area (TPSA) is 78.4 Å². The molecule has 0 bridgehead atoms. The number of hydrogen-bond donors (Lipinski definition) is 3. The maximum Gasteiger partial charge on any atom is 0.209 e. The highest BCUT2D eigenvalue weighted by atomic mass is 32.2. The van der Waals surface area contributed by atoms with Crippen LogP contribution in [0.15, 0.2) is 0 Å². The van der Waals surface area contributed by atoms with Crippen LogP contribution in [0.3, 0.4) is 0 Å². The molecule has 0 radical (unpaired) electrons. The van der Waals surface area contributed by atoms with Crippen molar-refractivity contribution in [2.75, 3.05) is 12.8 Å². The van der Waals surface area contributed by atoms with Crippen molar-refractivity contribution in [2.24, 2.45) is 0 Å². The van der Waals surface area contributed by atoms with Crippen molar-refractivity contribution in [3.8, 4) is 0 Å². The Hall–Kier alpha value is -0.170. The van der Waals surface area contributed by atoms with Crippen molar-refractivity contribution in [3.63, 3.8) is 0 Å². The van der Waals surface area contributed by atoms with Crippen molar-refractivity contribution >= 4 is 10.0 Å². The van der Waals surface area contributed by atoms with E-state index in [1.165, 1.54) is 0 Å². The lowest BCUT2D eigenvalue weighted by molar-refractivity contribution is 0.0426. The molecule has 0 fully saturated rings. The van der Waals surface area contributed by atoms with Gasteiger partial charge in [-0.3, -0.25) is 0 Å². The van der Waals surface area contributed by atoms with E-state index in [1.807, 2.05) is 6.92 Å². The summed E-state index contributed by atoms with van der Waals surface area (Å²) in [5, 5.41) is 12.8. The second-order valence-electron chi connectivity index (χ2n) is 5.51. The fraction of sp³-hybridized carbons (Fsp3) is 1.00. The number of hydrogen-bond acceptors (Lipinski definition) is 4. The van der Waals surface area contributed by atoms with Crippen molar-refractivity contribution < 1.29 is 13.5 Å². The zero-order chi connectivity index (χ0) is 13.2. The molecule has 6 heteroatoms. The Kier molecular flexibility index (Phi) is 4.94. The smallest absolute Gasteiger partial charge is 0.209 e. The van der Waals surface area contributed by atoms with E-state index >= 15 is 0 Å². The molecule has 3 N–H and O–H groups in total. The molecule has 98 valence electrons. The minimum absolute atomic E-state index is 0.117. The van der Waals surface area contributed by atoms with Crippen molar-refractivity contribution in [2.45, 2.75) is 51.8 Å². The van der Waals surface area contributed by atoms with Crippen LogP contribution in [0.5, 0.6) is 0 Å². The van der Waals surface area contributed by atoms with Gasteiger partial charge in [0.05, 0.1) is 11.9 Å². The summed E-state index contributed by atoms with van der Waals surface area (Å²) < 4.78 is 24.7. The van der Waals surface area contributed by atoms with E-state index in [9.17, 15) is 13.5 Å². The molecule has 0 heterocycles. The van der Waals surface area contributed by atoms with E-state index in [2.05, 4.69) is 10.0 Å². The van der Waals surface area contributed by atoms with Gasteiger partial charge in [-0.1, -0.05) is 0 Å². The van der Waals surface area contributed by atoms with Crippen molar-refractivity contribution in [1.29, 1.82) is 0 Å². The average Bonchev–Trinajstić information content (AvgIpc) is 1.93. The lowest BCUT2D eigenvalue weighted by atomic mass is 9.99. The van der Waals surface area contributed by atoms with Gasteiger partial charge in [0.1, 0.15) is 0 Å². The molecule has 1 unspecified atom stereocenters. The first-order chi connectivity index (χ1) is 6.83. The molecule has 0 aromatic carbocycles. The van der Waals surface area contributed by atoms with Crippen LogP contribution in [0.2, 0.25) is 0 Å². The first kappa shape index (κ1) is 15.8. The lowest BCUT2D eigenvalue weighted by Crippen LogP contribution is -2.54. The molecule has 0 saturated carbocycles. The molecule has 0 saturated heterocycles. The van der Waals surface area contributed by atoms with Gasteiger partial charge < -0.3 is 10.4 Å². The molecule has 0 aromatic rings. The molecule has 0 amide bonds. The van der Waals surface area contributed by atoms with Crippen LogP contribution >= 0.6 is 0 Å². The van der Waals surface area contributed by atoms with Crippen LogP contribution < -0.4 is 10.0 Å². The van der Waals surface area contributed by atoms with Gasteiger partial charge in [0.15, 0.2) is 0 Å². The summed E-state index contributed by atoms with van der Waals surface area (Å²) in [7, 11) is -3.22. The van der Waals surface area contributed by atoms with Gasteiger partial charge in [0.2, 0.25) is 10.0 Å². The number of aliphatic hydroxyl groups is 1. The number of sulfonamides is 1. The van der Waals surface area contributed by atoms with Crippen molar-refractivity contribution in [1.82, 2.24) is 10.0 Å². The highest BCUT2D eigenvalue weighted by Crippen LogP contribution is 2.09. The van der Waals surface area contributed by atoms with Crippen LogP contribution in [0.25, 0.3) is 0 Å². The normalized spacial score (nSPS) is 16.2. The first-order valence-electron chi connectivity index (χ1n) is 5.28.